The van der Waals surface area contributed by atoms with Gasteiger partial charge in [0.1, 0.15) is 0 Å². The third-order valence-corrected chi connectivity index (χ3v) is 3.45. The summed E-state index contributed by atoms with van der Waals surface area (Å²) in [6, 6.07) is 5.82. The number of rotatable bonds is 3. The largest absolute Gasteiger partial charge is 0.466 e. The van der Waals surface area contributed by atoms with Crippen molar-refractivity contribution in [2.75, 3.05) is 18.5 Å². The monoisotopic (exact) mass is 267 g/mol. The van der Waals surface area contributed by atoms with Crippen LogP contribution < -0.4 is 5.32 Å². The molecule has 1 unspecified atom stereocenters. The second-order valence-electron chi connectivity index (χ2n) is 4.51. The van der Waals surface area contributed by atoms with Crippen LogP contribution in [-0.2, 0) is 9.53 Å². The van der Waals surface area contributed by atoms with E-state index in [2.05, 4.69) is 5.32 Å². The molecule has 4 heteroatoms. The summed E-state index contributed by atoms with van der Waals surface area (Å²) in [7, 11) is 0. The van der Waals surface area contributed by atoms with Crippen molar-refractivity contribution in [2.45, 2.75) is 32.1 Å². The van der Waals surface area contributed by atoms with Crippen LogP contribution in [0, 0.1) is 0 Å². The molecule has 1 aliphatic rings. The van der Waals surface area contributed by atoms with Gasteiger partial charge in [0.25, 0.3) is 0 Å². The molecule has 3 nitrogen and oxygen atoms in total. The predicted octanol–water partition coefficient (Wildman–Crippen LogP) is 3.58. The Morgan fingerprint density at radius 2 is 2.39 bits per heavy atom. The summed E-state index contributed by atoms with van der Waals surface area (Å²) in [4.78, 5) is 11.6. The lowest BCUT2D eigenvalue weighted by atomic mass is 9.91. The zero-order chi connectivity index (χ0) is 13.0. The van der Waals surface area contributed by atoms with E-state index in [1.807, 2.05) is 25.1 Å². The van der Waals surface area contributed by atoms with E-state index in [4.69, 9.17) is 16.3 Å². The van der Waals surface area contributed by atoms with Gasteiger partial charge in [-0.25, -0.2) is 0 Å². The van der Waals surface area contributed by atoms with Gasteiger partial charge in [0.05, 0.1) is 13.0 Å². The van der Waals surface area contributed by atoms with Crippen LogP contribution in [0.5, 0.6) is 0 Å². The molecule has 98 valence electrons. The molecule has 1 aromatic rings. The minimum atomic E-state index is -0.129. The summed E-state index contributed by atoms with van der Waals surface area (Å²) < 4.78 is 5.04. The second-order valence-corrected chi connectivity index (χ2v) is 4.94. The molecule has 18 heavy (non-hydrogen) atoms. The average Bonchev–Trinajstić information content (AvgIpc) is 2.52. The van der Waals surface area contributed by atoms with Crippen molar-refractivity contribution in [3.05, 3.63) is 28.8 Å². The molecule has 2 rings (SSSR count). The molecule has 1 heterocycles. The highest BCUT2D eigenvalue weighted by Gasteiger charge is 2.22. The van der Waals surface area contributed by atoms with Crippen molar-refractivity contribution in [3.8, 4) is 0 Å². The standard InChI is InChI=1S/C14H18ClNO2/c1-2-18-14(17)8-10-4-3-7-16-13-6-5-11(15)9-12(10)13/h5-6,9-10,16H,2-4,7-8H2,1H3. The van der Waals surface area contributed by atoms with E-state index in [9.17, 15) is 4.79 Å². The first kappa shape index (κ1) is 13.2. The number of benzene rings is 1. The molecule has 1 aliphatic heterocycles. The topological polar surface area (TPSA) is 38.3 Å². The Morgan fingerprint density at radius 3 is 3.17 bits per heavy atom. The van der Waals surface area contributed by atoms with Crippen LogP contribution in [0.25, 0.3) is 0 Å². The fraction of sp³-hybridized carbons (Fsp3) is 0.500. The maximum absolute atomic E-state index is 11.6. The second kappa shape index (κ2) is 6.10. The predicted molar refractivity (Wildman–Crippen MR) is 73.2 cm³/mol. The molecule has 0 fully saturated rings. The third-order valence-electron chi connectivity index (χ3n) is 3.22. The first-order valence-electron chi connectivity index (χ1n) is 6.39. The number of nitrogens with one attached hydrogen (secondary N) is 1. The van der Waals surface area contributed by atoms with Crippen molar-refractivity contribution in [2.24, 2.45) is 0 Å². The van der Waals surface area contributed by atoms with E-state index in [0.717, 1.165) is 30.6 Å². The Balaban J connectivity index is 2.20. The Kier molecular flexibility index (Phi) is 4.48. The van der Waals surface area contributed by atoms with Crippen LogP contribution >= 0.6 is 11.6 Å². The lowest BCUT2D eigenvalue weighted by molar-refractivity contribution is -0.143. The number of esters is 1. The third kappa shape index (κ3) is 3.16. The van der Waals surface area contributed by atoms with Gasteiger partial charge in [-0.2, -0.15) is 0 Å². The Morgan fingerprint density at radius 1 is 1.56 bits per heavy atom. The van der Waals surface area contributed by atoms with Crippen LogP contribution in [0.2, 0.25) is 5.02 Å². The summed E-state index contributed by atoms with van der Waals surface area (Å²) in [5, 5.41) is 4.09. The highest BCUT2D eigenvalue weighted by molar-refractivity contribution is 6.30. The first-order chi connectivity index (χ1) is 8.70. The van der Waals surface area contributed by atoms with Crippen molar-refractivity contribution in [3.63, 3.8) is 0 Å². The lowest BCUT2D eigenvalue weighted by Crippen LogP contribution is -2.10. The molecular formula is C14H18ClNO2. The van der Waals surface area contributed by atoms with E-state index in [0.29, 0.717) is 18.1 Å². The summed E-state index contributed by atoms with van der Waals surface area (Å²) in [5.41, 5.74) is 2.22. The minimum Gasteiger partial charge on any atom is -0.466 e. The van der Waals surface area contributed by atoms with Gasteiger partial charge in [0.2, 0.25) is 0 Å². The van der Waals surface area contributed by atoms with E-state index in [1.165, 1.54) is 0 Å². The normalized spacial score (nSPS) is 18.4. The molecule has 1 aromatic carbocycles. The fourth-order valence-corrected chi connectivity index (χ4v) is 2.57. The molecule has 0 spiro atoms. The molecule has 1 atom stereocenters. The van der Waals surface area contributed by atoms with Gasteiger partial charge in [0, 0.05) is 17.3 Å². The summed E-state index contributed by atoms with van der Waals surface area (Å²) in [6.45, 7) is 3.21. The number of halogens is 1. The number of fused-ring (bicyclic) bond motifs is 1. The van der Waals surface area contributed by atoms with Crippen molar-refractivity contribution in [1.29, 1.82) is 0 Å². The van der Waals surface area contributed by atoms with E-state index < -0.39 is 0 Å². The molecule has 0 radical (unpaired) electrons. The van der Waals surface area contributed by atoms with Crippen LogP contribution in [-0.4, -0.2) is 19.1 Å². The number of carbonyl (C=O) groups is 1. The van der Waals surface area contributed by atoms with E-state index >= 15 is 0 Å². The smallest absolute Gasteiger partial charge is 0.306 e. The molecule has 0 amide bonds. The van der Waals surface area contributed by atoms with Gasteiger partial charge >= 0.3 is 5.97 Å². The maximum Gasteiger partial charge on any atom is 0.306 e. The van der Waals surface area contributed by atoms with E-state index in [1.54, 1.807) is 0 Å². The zero-order valence-electron chi connectivity index (χ0n) is 10.5. The molecule has 0 saturated heterocycles. The van der Waals surface area contributed by atoms with Crippen LogP contribution in [0.1, 0.15) is 37.7 Å². The molecule has 0 aliphatic carbocycles. The Labute approximate surface area is 112 Å². The van der Waals surface area contributed by atoms with Crippen LogP contribution in [0.15, 0.2) is 18.2 Å². The van der Waals surface area contributed by atoms with Gasteiger partial charge in [-0.1, -0.05) is 11.6 Å². The molecule has 0 bridgehead atoms. The van der Waals surface area contributed by atoms with Gasteiger partial charge in [-0.15, -0.1) is 0 Å². The molecule has 1 N–H and O–H groups in total. The Hall–Kier alpha value is -1.22. The summed E-state index contributed by atoms with van der Waals surface area (Å²) in [5.74, 6) is 0.0723. The number of ether oxygens (including phenoxy) is 1. The highest BCUT2D eigenvalue weighted by Crippen LogP contribution is 2.35. The maximum atomic E-state index is 11.6. The SMILES string of the molecule is CCOC(=O)CC1CCCNc2ccc(Cl)cc21. The molecular weight excluding hydrogens is 250 g/mol. The van der Waals surface area contributed by atoms with Crippen molar-refractivity contribution < 1.29 is 9.53 Å². The number of hydrogen-bond donors (Lipinski definition) is 1. The first-order valence-corrected chi connectivity index (χ1v) is 6.77. The van der Waals surface area contributed by atoms with Gasteiger partial charge < -0.3 is 10.1 Å². The van der Waals surface area contributed by atoms with Gasteiger partial charge in [-0.3, -0.25) is 4.79 Å². The van der Waals surface area contributed by atoms with Crippen molar-refractivity contribution in [1.82, 2.24) is 0 Å². The highest BCUT2D eigenvalue weighted by atomic mass is 35.5. The summed E-state index contributed by atoms with van der Waals surface area (Å²) >= 11 is 6.05. The van der Waals surface area contributed by atoms with Gasteiger partial charge in [0.15, 0.2) is 0 Å². The van der Waals surface area contributed by atoms with Crippen molar-refractivity contribution >= 4 is 23.3 Å². The van der Waals surface area contributed by atoms with Crippen LogP contribution in [0.4, 0.5) is 5.69 Å². The summed E-state index contributed by atoms with van der Waals surface area (Å²) in [6.07, 6.45) is 2.47. The number of carbonyl (C=O) groups excluding carboxylic acids is 1. The zero-order valence-corrected chi connectivity index (χ0v) is 11.3. The Bertz CT molecular complexity index is 434. The average molecular weight is 268 g/mol. The fourth-order valence-electron chi connectivity index (χ4n) is 2.39. The number of anilines is 1. The quantitative estimate of drug-likeness (QED) is 0.851. The minimum absolute atomic E-state index is 0.129. The van der Waals surface area contributed by atoms with Gasteiger partial charge in [-0.05, 0) is 49.4 Å². The molecule has 0 aromatic heterocycles. The van der Waals surface area contributed by atoms with E-state index in [-0.39, 0.29) is 11.9 Å². The lowest BCUT2D eigenvalue weighted by Gasteiger charge is -2.16. The molecule has 0 saturated carbocycles. The number of hydrogen-bond acceptors (Lipinski definition) is 3. The van der Waals surface area contributed by atoms with Crippen LogP contribution in [0.3, 0.4) is 0 Å².